The molecule has 0 aliphatic rings. The first-order chi connectivity index (χ1) is 31.2. The van der Waals surface area contributed by atoms with Crippen molar-refractivity contribution in [2.24, 2.45) is 5.92 Å². The van der Waals surface area contributed by atoms with Crippen molar-refractivity contribution in [2.75, 3.05) is 25.1 Å². The lowest BCUT2D eigenvalue weighted by Crippen LogP contribution is -2.74. The van der Waals surface area contributed by atoms with Gasteiger partial charge in [-0.15, -0.1) is 0 Å². The summed E-state index contributed by atoms with van der Waals surface area (Å²) < 4.78 is 286. The molecule has 0 radical (unpaired) electrons. The summed E-state index contributed by atoms with van der Waals surface area (Å²) in [5.74, 6) is -60.4. The largest absolute Gasteiger partial charge is 0.491 e. The summed E-state index contributed by atoms with van der Waals surface area (Å²) in [5, 5.41) is 2.14. The Morgan fingerprint density at radius 1 is 0.696 bits per heavy atom. The predicted molar refractivity (Wildman–Crippen MR) is 212 cm³/mol. The molecule has 0 bridgehead atoms. The van der Waals surface area contributed by atoms with Gasteiger partial charge in [-0.2, -0.15) is 74.6 Å². The van der Waals surface area contributed by atoms with Crippen LogP contribution in [-0.2, 0) is 18.7 Å². The Kier molecular flexibility index (Phi) is 19.4. The Morgan fingerprint density at radius 3 is 1.68 bits per heavy atom. The summed E-state index contributed by atoms with van der Waals surface area (Å²) in [5.41, 5.74) is -1.58. The minimum absolute atomic E-state index is 0.0430. The summed E-state index contributed by atoms with van der Waals surface area (Å²) in [7, 11) is -4.06. The van der Waals surface area contributed by atoms with Crippen molar-refractivity contribution < 1.29 is 112 Å². The van der Waals surface area contributed by atoms with Crippen LogP contribution in [0.3, 0.4) is 0 Å². The van der Waals surface area contributed by atoms with Crippen LogP contribution in [-0.4, -0.2) is 87.8 Å². The number of halogens is 19. The van der Waals surface area contributed by atoms with Crippen molar-refractivity contribution >= 4 is 26.1 Å². The first kappa shape index (κ1) is 60.4. The maximum atomic E-state index is 15.0. The molecule has 69 heavy (non-hydrogen) atoms. The van der Waals surface area contributed by atoms with E-state index in [0.717, 1.165) is 12.1 Å². The standard InChI is InChI=1S/C42H46F19NO6Si/c1-8-65-32(63)21-25(6)9-10-26(7)33(68-34(64)62-31-16-13-28(43)22-30(31)44)27-11-14-29(15-12-27)66-18-19-67-69(23(2)3,24(4)5)20-17-35(45,46)36(47,48)37(49,50)38(51,52)39(53,54)40(55,56)41(57,58)42(59,60)61/h9-16,21-24,26,33H,8,17-20H2,1-7H3,(H,62,64)/b10-9+,25-21+/t26-,33-/m1/s1. The van der Waals surface area contributed by atoms with Crippen LogP contribution in [0.2, 0.25) is 17.1 Å². The molecule has 392 valence electrons. The zero-order valence-electron chi connectivity index (χ0n) is 37.2. The number of ether oxygens (including phenoxy) is 3. The van der Waals surface area contributed by atoms with Crippen molar-refractivity contribution in [1.82, 2.24) is 0 Å². The van der Waals surface area contributed by atoms with Gasteiger partial charge in [-0.3, -0.25) is 5.32 Å². The highest BCUT2D eigenvalue weighted by Gasteiger charge is 2.95. The van der Waals surface area contributed by atoms with Gasteiger partial charge in [0.1, 0.15) is 30.1 Å². The van der Waals surface area contributed by atoms with E-state index in [0.29, 0.717) is 11.6 Å². The van der Waals surface area contributed by atoms with Crippen LogP contribution in [0.5, 0.6) is 5.75 Å². The van der Waals surface area contributed by atoms with E-state index >= 15 is 8.78 Å². The van der Waals surface area contributed by atoms with Crippen LogP contribution in [0.4, 0.5) is 93.9 Å². The number of alkyl halides is 17. The molecule has 0 aliphatic carbocycles. The van der Waals surface area contributed by atoms with E-state index < -0.39 is 134 Å². The lowest BCUT2D eigenvalue weighted by Gasteiger charge is -2.44. The summed E-state index contributed by atoms with van der Waals surface area (Å²) in [6.45, 7) is 8.95. The number of hydrogen-bond donors (Lipinski definition) is 1. The van der Waals surface area contributed by atoms with E-state index in [-0.39, 0.29) is 17.9 Å². The Labute approximate surface area is 383 Å². The van der Waals surface area contributed by atoms with E-state index in [1.807, 2.05) is 0 Å². The normalized spacial score (nSPS) is 15.2. The third-order valence-corrected chi connectivity index (χ3v) is 16.4. The topological polar surface area (TPSA) is 83.1 Å². The summed E-state index contributed by atoms with van der Waals surface area (Å²) in [4.78, 5) is 24.7. The average molecular weight is 1050 g/mol. The highest BCUT2D eigenvalue weighted by Crippen LogP contribution is 2.64. The number of carbonyl (C=O) groups is 2. The van der Waals surface area contributed by atoms with Gasteiger partial charge in [-0.1, -0.05) is 58.9 Å². The van der Waals surface area contributed by atoms with Gasteiger partial charge in [-0.05, 0) is 66.4 Å². The number of allylic oxidation sites excluding steroid dienone is 2. The molecule has 1 amide bonds. The summed E-state index contributed by atoms with van der Waals surface area (Å²) >= 11 is 0. The molecule has 0 heterocycles. The van der Waals surface area contributed by atoms with E-state index in [9.17, 15) is 84.2 Å². The van der Waals surface area contributed by atoms with Crippen LogP contribution in [0.1, 0.15) is 66.6 Å². The lowest BCUT2D eigenvalue weighted by atomic mass is 9.88. The SMILES string of the molecule is CCOC(=O)/C=C(C)/C=C/[C@@H](C)[C@@H](OC(=O)Nc1ccc(F)cc1F)c1ccc(OCCO[Si](CCC(F)(F)C(F)(F)C(F)(F)C(F)(F)C(F)(F)C(F)(F)C(F)(F)C(F)(F)F)(C(C)C)C(C)C)cc1. The maximum absolute atomic E-state index is 15.0. The first-order valence-corrected chi connectivity index (χ1v) is 22.5. The van der Waals surface area contributed by atoms with Gasteiger partial charge in [0.2, 0.25) is 0 Å². The highest BCUT2D eigenvalue weighted by molar-refractivity contribution is 6.76. The molecule has 0 spiro atoms. The van der Waals surface area contributed by atoms with E-state index in [4.69, 9.17) is 18.6 Å². The number of amides is 1. The predicted octanol–water partition coefficient (Wildman–Crippen LogP) is 14.5. The second-order valence-corrected chi connectivity index (χ2v) is 21.1. The highest BCUT2D eigenvalue weighted by atomic mass is 28.4. The fourth-order valence-corrected chi connectivity index (χ4v) is 11.1. The van der Waals surface area contributed by atoms with Gasteiger partial charge in [0, 0.05) is 24.5 Å². The zero-order valence-corrected chi connectivity index (χ0v) is 38.2. The molecule has 27 heteroatoms. The number of nitrogens with one attached hydrogen (secondary N) is 1. The second-order valence-electron chi connectivity index (χ2n) is 16.1. The summed E-state index contributed by atoms with van der Waals surface area (Å²) in [6, 6.07) is 6.36. The third-order valence-electron chi connectivity index (χ3n) is 10.7. The molecule has 0 unspecified atom stereocenters. The summed E-state index contributed by atoms with van der Waals surface area (Å²) in [6.07, 6.45) is -8.56. The molecule has 0 fully saturated rings. The third kappa shape index (κ3) is 12.8. The van der Waals surface area contributed by atoms with Crippen molar-refractivity contribution in [3.8, 4) is 5.75 Å². The number of hydrogen-bond acceptors (Lipinski definition) is 6. The first-order valence-electron chi connectivity index (χ1n) is 20.3. The van der Waals surface area contributed by atoms with Crippen molar-refractivity contribution in [3.63, 3.8) is 0 Å². The molecule has 0 saturated heterocycles. The number of rotatable bonds is 24. The number of anilines is 1. The quantitative estimate of drug-likeness (QED) is 0.0282. The van der Waals surface area contributed by atoms with Crippen molar-refractivity contribution in [2.45, 2.75) is 126 Å². The molecule has 2 rings (SSSR count). The van der Waals surface area contributed by atoms with E-state index in [2.05, 4.69) is 5.32 Å². The van der Waals surface area contributed by atoms with Crippen LogP contribution >= 0.6 is 0 Å². The van der Waals surface area contributed by atoms with Crippen LogP contribution < -0.4 is 10.1 Å². The Balaban J connectivity index is 2.34. The molecule has 0 aliphatic heterocycles. The van der Waals surface area contributed by atoms with Gasteiger partial charge >= 0.3 is 59.7 Å². The minimum atomic E-state index is -8.72. The molecule has 1 N–H and O–H groups in total. The molecule has 2 aromatic carbocycles. The molecular weight excluding hydrogens is 1000 g/mol. The molecular formula is C42H46F19NO6Si. The van der Waals surface area contributed by atoms with Crippen LogP contribution in [0, 0.1) is 17.6 Å². The number of esters is 1. The van der Waals surface area contributed by atoms with E-state index in [1.165, 1.54) is 64.1 Å². The van der Waals surface area contributed by atoms with Gasteiger partial charge in [0.05, 0.1) is 18.9 Å². The van der Waals surface area contributed by atoms with Crippen LogP contribution in [0.25, 0.3) is 0 Å². The fraction of sp³-hybridized carbons (Fsp3) is 0.571. The van der Waals surface area contributed by atoms with Gasteiger partial charge in [-0.25, -0.2) is 18.4 Å². The molecule has 2 aromatic rings. The maximum Gasteiger partial charge on any atom is 0.460 e. The molecule has 2 atom stereocenters. The molecule has 7 nitrogen and oxygen atoms in total. The minimum Gasteiger partial charge on any atom is -0.491 e. The molecule has 0 saturated carbocycles. The van der Waals surface area contributed by atoms with Crippen molar-refractivity contribution in [3.05, 3.63) is 83.5 Å². The van der Waals surface area contributed by atoms with Crippen molar-refractivity contribution in [1.29, 1.82) is 0 Å². The zero-order chi connectivity index (χ0) is 53.6. The van der Waals surface area contributed by atoms with Gasteiger partial charge in [0.25, 0.3) is 0 Å². The van der Waals surface area contributed by atoms with Gasteiger partial charge < -0.3 is 18.6 Å². The smallest absolute Gasteiger partial charge is 0.460 e. The number of benzene rings is 2. The Bertz CT molecular complexity index is 2100. The number of carbonyl (C=O) groups excluding carboxylic acids is 2. The fourth-order valence-electron chi connectivity index (χ4n) is 6.65. The molecule has 0 aromatic heterocycles. The second kappa shape index (κ2) is 22.2. The Hall–Kier alpha value is -4.69. The Morgan fingerprint density at radius 2 is 1.20 bits per heavy atom. The van der Waals surface area contributed by atoms with Crippen LogP contribution in [0.15, 0.2) is 66.3 Å². The van der Waals surface area contributed by atoms with E-state index in [1.54, 1.807) is 26.8 Å². The van der Waals surface area contributed by atoms with Gasteiger partial charge in [0.15, 0.2) is 8.32 Å². The average Bonchev–Trinajstić information content (AvgIpc) is 3.22. The lowest BCUT2D eigenvalue weighted by molar-refractivity contribution is -0.461. The monoisotopic (exact) mass is 1050 g/mol.